The fraction of sp³-hybridized carbons (Fsp3) is 0.896. The standard InChI is InChI=1S/C67H127NO10/c1-3-5-7-9-11-13-15-17-19-21-23-25-27-28-29-30-31-32-33-35-36-38-40-42-44-46-48-50-52-54-59(70)62(72)58(57-77-67-65(75)64(74)63(73)61(56-69)78-67)68-66(76)60(71)55-53-51-49-47-45-43-41-39-37-34-26-24-22-20-18-16-14-12-10-8-6-4-2/h37-40,46,48,58-65,67,69-75H,3-36,41-45,47,49-57H2,1-2H3,(H,68,76)/b39-37-,40-38+,48-46+. The highest BCUT2D eigenvalue weighted by Gasteiger charge is 2.44. The van der Waals surface area contributed by atoms with Gasteiger partial charge in [-0.15, -0.1) is 0 Å². The van der Waals surface area contributed by atoms with Crippen molar-refractivity contribution in [2.45, 2.75) is 371 Å². The van der Waals surface area contributed by atoms with Gasteiger partial charge in [-0.25, -0.2) is 0 Å². The molecule has 0 spiro atoms. The molecule has 8 N–H and O–H groups in total. The van der Waals surface area contributed by atoms with Crippen molar-refractivity contribution in [3.05, 3.63) is 36.5 Å². The molecule has 1 aliphatic rings. The molecule has 11 heteroatoms. The van der Waals surface area contributed by atoms with Crippen molar-refractivity contribution < 1.29 is 50.0 Å². The predicted molar refractivity (Wildman–Crippen MR) is 325 cm³/mol. The molecule has 0 aromatic carbocycles. The lowest BCUT2D eigenvalue weighted by Crippen LogP contribution is -2.60. The van der Waals surface area contributed by atoms with Gasteiger partial charge in [-0.05, 0) is 77.0 Å². The topological polar surface area (TPSA) is 189 Å². The summed E-state index contributed by atoms with van der Waals surface area (Å²) in [7, 11) is 0. The van der Waals surface area contributed by atoms with Crippen LogP contribution in [-0.2, 0) is 14.3 Å². The van der Waals surface area contributed by atoms with E-state index in [4.69, 9.17) is 9.47 Å². The van der Waals surface area contributed by atoms with Crippen molar-refractivity contribution in [1.29, 1.82) is 0 Å². The van der Waals surface area contributed by atoms with Crippen molar-refractivity contribution in [1.82, 2.24) is 5.32 Å². The van der Waals surface area contributed by atoms with Crippen LogP contribution in [0.25, 0.3) is 0 Å². The second-order valence-electron chi connectivity index (χ2n) is 23.5. The molecule has 9 unspecified atom stereocenters. The van der Waals surface area contributed by atoms with Gasteiger partial charge >= 0.3 is 0 Å². The number of rotatable bonds is 58. The van der Waals surface area contributed by atoms with Gasteiger partial charge in [0.25, 0.3) is 0 Å². The maximum Gasteiger partial charge on any atom is 0.249 e. The van der Waals surface area contributed by atoms with Crippen LogP contribution in [-0.4, -0.2) is 110 Å². The summed E-state index contributed by atoms with van der Waals surface area (Å²) in [5.41, 5.74) is 0. The number of ether oxygens (including phenoxy) is 2. The second-order valence-corrected chi connectivity index (χ2v) is 23.5. The minimum Gasteiger partial charge on any atom is -0.394 e. The Bertz CT molecular complexity index is 1360. The maximum absolute atomic E-state index is 13.2. The first kappa shape index (κ1) is 74.3. The first-order valence-electron chi connectivity index (χ1n) is 33.4. The molecule has 0 radical (unpaired) electrons. The van der Waals surface area contributed by atoms with Crippen LogP contribution in [0, 0.1) is 0 Å². The summed E-state index contributed by atoms with van der Waals surface area (Å²) in [4.78, 5) is 13.2. The number of carbonyl (C=O) groups is 1. The van der Waals surface area contributed by atoms with E-state index in [0.29, 0.717) is 19.3 Å². The number of aliphatic hydroxyl groups excluding tert-OH is 7. The highest BCUT2D eigenvalue weighted by molar-refractivity contribution is 5.80. The van der Waals surface area contributed by atoms with Crippen LogP contribution in [0.2, 0.25) is 0 Å². The summed E-state index contributed by atoms with van der Waals surface area (Å²) >= 11 is 0. The summed E-state index contributed by atoms with van der Waals surface area (Å²) in [6.07, 6.45) is 59.4. The number of unbranched alkanes of at least 4 members (excludes halogenated alkanes) is 40. The highest BCUT2D eigenvalue weighted by Crippen LogP contribution is 2.24. The Morgan fingerprint density at radius 1 is 0.436 bits per heavy atom. The van der Waals surface area contributed by atoms with Crippen molar-refractivity contribution in [2.24, 2.45) is 0 Å². The molecule has 11 nitrogen and oxygen atoms in total. The summed E-state index contributed by atoms with van der Waals surface area (Å²) in [6.45, 7) is 3.48. The van der Waals surface area contributed by atoms with Gasteiger partial charge in [-0.2, -0.15) is 0 Å². The number of amides is 1. The molecule has 460 valence electrons. The monoisotopic (exact) mass is 1110 g/mol. The SMILES string of the molecule is CCCCCCCCCCCCCC/C=C\CCCCCCCCC(O)C(=O)NC(COC1OC(CO)C(O)C(O)C1O)C(O)C(O)CCC/C=C/CC/C=C/CCCCCCCCCCCCCCCCCCCCCC. The summed E-state index contributed by atoms with van der Waals surface area (Å²) in [5.74, 6) is -0.711. The average Bonchev–Trinajstić information content (AvgIpc) is 3.46. The van der Waals surface area contributed by atoms with Crippen LogP contribution in [0.3, 0.4) is 0 Å². The summed E-state index contributed by atoms with van der Waals surface area (Å²) < 4.78 is 11.2. The van der Waals surface area contributed by atoms with E-state index >= 15 is 0 Å². The van der Waals surface area contributed by atoms with E-state index in [2.05, 4.69) is 55.6 Å². The number of hydrogen-bond donors (Lipinski definition) is 8. The number of nitrogens with one attached hydrogen (secondary N) is 1. The number of allylic oxidation sites excluding steroid dienone is 6. The zero-order valence-corrected chi connectivity index (χ0v) is 50.7. The fourth-order valence-electron chi connectivity index (χ4n) is 10.8. The van der Waals surface area contributed by atoms with Crippen LogP contribution in [0.4, 0.5) is 0 Å². The molecule has 0 saturated carbocycles. The van der Waals surface area contributed by atoms with Crippen molar-refractivity contribution in [3.63, 3.8) is 0 Å². The number of aliphatic hydroxyl groups is 7. The lowest BCUT2D eigenvalue weighted by molar-refractivity contribution is -0.303. The molecule has 9 atom stereocenters. The highest BCUT2D eigenvalue weighted by atomic mass is 16.7. The minimum absolute atomic E-state index is 0.244. The van der Waals surface area contributed by atoms with Gasteiger partial charge in [-0.1, -0.05) is 275 Å². The third-order valence-corrected chi connectivity index (χ3v) is 16.1. The lowest BCUT2D eigenvalue weighted by atomic mass is 9.98. The minimum atomic E-state index is -1.67. The molecule has 1 fully saturated rings. The molecular weight excluding hydrogens is 979 g/mol. The van der Waals surface area contributed by atoms with Crippen molar-refractivity contribution >= 4 is 5.91 Å². The van der Waals surface area contributed by atoms with E-state index in [1.54, 1.807) is 0 Å². The summed E-state index contributed by atoms with van der Waals surface area (Å²) in [6, 6.07) is -1.20. The molecule has 0 aromatic rings. The Balaban J connectivity index is 2.27. The van der Waals surface area contributed by atoms with Crippen molar-refractivity contribution in [2.75, 3.05) is 13.2 Å². The quantitative estimate of drug-likeness (QED) is 0.0215. The third-order valence-electron chi connectivity index (χ3n) is 16.1. The van der Waals surface area contributed by atoms with Gasteiger partial charge in [0.1, 0.15) is 36.6 Å². The van der Waals surface area contributed by atoms with Gasteiger partial charge in [0.05, 0.1) is 25.4 Å². The van der Waals surface area contributed by atoms with Gasteiger partial charge in [0.2, 0.25) is 5.91 Å². The molecule has 1 aliphatic heterocycles. The maximum atomic E-state index is 13.2. The third kappa shape index (κ3) is 43.1. The van der Waals surface area contributed by atoms with E-state index in [1.165, 1.54) is 212 Å². The Morgan fingerprint density at radius 2 is 0.769 bits per heavy atom. The second kappa shape index (κ2) is 55.8. The Labute approximate surface area is 479 Å². The van der Waals surface area contributed by atoms with Crippen LogP contribution >= 0.6 is 0 Å². The van der Waals surface area contributed by atoms with Crippen LogP contribution in [0.1, 0.15) is 316 Å². The van der Waals surface area contributed by atoms with Crippen molar-refractivity contribution in [3.8, 4) is 0 Å². The van der Waals surface area contributed by atoms with Gasteiger partial charge in [0, 0.05) is 0 Å². The molecule has 0 bridgehead atoms. The van der Waals surface area contributed by atoms with E-state index in [9.17, 15) is 40.5 Å². The van der Waals surface area contributed by atoms with E-state index in [1.807, 2.05) is 0 Å². The van der Waals surface area contributed by atoms with Gasteiger partial charge in [-0.3, -0.25) is 4.79 Å². The van der Waals surface area contributed by atoms with Gasteiger partial charge in [0.15, 0.2) is 6.29 Å². The lowest BCUT2D eigenvalue weighted by Gasteiger charge is -2.40. The molecule has 78 heavy (non-hydrogen) atoms. The van der Waals surface area contributed by atoms with E-state index < -0.39 is 74.2 Å². The molecule has 0 aliphatic carbocycles. The zero-order valence-electron chi connectivity index (χ0n) is 50.7. The molecule has 1 saturated heterocycles. The fourth-order valence-corrected chi connectivity index (χ4v) is 10.8. The van der Waals surface area contributed by atoms with Crippen LogP contribution < -0.4 is 5.32 Å². The normalized spacial score (nSPS) is 19.6. The molecule has 1 amide bonds. The number of carbonyl (C=O) groups excluding carboxylic acids is 1. The Morgan fingerprint density at radius 3 is 1.14 bits per heavy atom. The smallest absolute Gasteiger partial charge is 0.249 e. The predicted octanol–water partition coefficient (Wildman–Crippen LogP) is 15.4. The average molecular weight is 1110 g/mol. The largest absolute Gasteiger partial charge is 0.394 e. The van der Waals surface area contributed by atoms with Gasteiger partial charge < -0.3 is 50.5 Å². The first-order chi connectivity index (χ1) is 38.2. The summed E-state index contributed by atoms with van der Waals surface area (Å²) in [5, 5.41) is 76.3. The zero-order chi connectivity index (χ0) is 56.8. The van der Waals surface area contributed by atoms with E-state index in [0.717, 1.165) is 57.8 Å². The first-order valence-corrected chi connectivity index (χ1v) is 33.4. The Kier molecular flexibility index (Phi) is 53.2. The molecule has 1 rings (SSSR count). The van der Waals surface area contributed by atoms with E-state index in [-0.39, 0.29) is 12.8 Å². The Hall–Kier alpha value is -1.67. The number of hydrogen-bond acceptors (Lipinski definition) is 10. The molecular formula is C67H127NO10. The molecule has 0 aromatic heterocycles. The van der Waals surface area contributed by atoms with Crippen LogP contribution in [0.5, 0.6) is 0 Å². The molecule has 1 heterocycles. The van der Waals surface area contributed by atoms with Crippen LogP contribution in [0.15, 0.2) is 36.5 Å².